The predicted octanol–water partition coefficient (Wildman–Crippen LogP) is 5.71. The molecule has 0 radical (unpaired) electrons. The summed E-state index contributed by atoms with van der Waals surface area (Å²) < 4.78 is 24.7. The van der Waals surface area contributed by atoms with Gasteiger partial charge in [0.1, 0.15) is 0 Å². The highest BCUT2D eigenvalue weighted by atomic mass is 35.5. The van der Waals surface area contributed by atoms with Crippen LogP contribution >= 0.6 is 11.6 Å². The first-order valence-electron chi connectivity index (χ1n) is 8.27. The van der Waals surface area contributed by atoms with Gasteiger partial charge < -0.3 is 0 Å². The van der Waals surface area contributed by atoms with E-state index < -0.39 is 6.43 Å². The van der Waals surface area contributed by atoms with Gasteiger partial charge in [0.15, 0.2) is 0 Å². The van der Waals surface area contributed by atoms with E-state index in [9.17, 15) is 8.78 Å². The van der Waals surface area contributed by atoms with Crippen LogP contribution in [0.1, 0.15) is 71.1 Å². The van der Waals surface area contributed by atoms with Gasteiger partial charge in [-0.15, -0.1) is 11.6 Å². The van der Waals surface area contributed by atoms with Gasteiger partial charge in [0.25, 0.3) is 6.43 Å². The molecule has 0 heterocycles. The molecule has 0 amide bonds. The van der Waals surface area contributed by atoms with Crippen LogP contribution in [-0.2, 0) is 0 Å². The van der Waals surface area contributed by atoms with Gasteiger partial charge in [-0.2, -0.15) is 0 Å². The minimum atomic E-state index is -2.25. The minimum absolute atomic E-state index is 0.135. The van der Waals surface area contributed by atoms with Crippen LogP contribution in [0, 0.1) is 0 Å². The molecule has 0 unspecified atom stereocenters. The van der Waals surface area contributed by atoms with Crippen LogP contribution in [0.25, 0.3) is 0 Å². The van der Waals surface area contributed by atoms with Crippen LogP contribution in [-0.4, -0.2) is 36.8 Å². The number of rotatable bonds is 15. The zero-order chi connectivity index (χ0) is 15.1. The van der Waals surface area contributed by atoms with Crippen LogP contribution in [0.2, 0.25) is 0 Å². The minimum Gasteiger partial charge on any atom is -0.297 e. The van der Waals surface area contributed by atoms with Gasteiger partial charge in [-0.05, 0) is 13.0 Å². The standard InChI is InChI=1S/C16H32ClF2N/c1-2-3-4-5-6-7-8-9-10-11-13-20(14-12-17)15-16(18)19/h16H,2-15H2,1H3. The second-order valence-corrected chi connectivity index (χ2v) is 5.94. The molecule has 0 aliphatic carbocycles. The molecule has 0 spiro atoms. The van der Waals surface area contributed by atoms with Crippen LogP contribution in [0.4, 0.5) is 8.78 Å². The van der Waals surface area contributed by atoms with Crippen molar-refractivity contribution >= 4 is 11.6 Å². The summed E-state index contributed by atoms with van der Waals surface area (Å²) in [4.78, 5) is 1.78. The zero-order valence-corrected chi connectivity index (χ0v) is 13.8. The van der Waals surface area contributed by atoms with E-state index in [4.69, 9.17) is 11.6 Å². The Hall–Kier alpha value is 0.110. The molecule has 0 fully saturated rings. The molecule has 0 atom stereocenters. The van der Waals surface area contributed by atoms with Crippen molar-refractivity contribution in [3.63, 3.8) is 0 Å². The summed E-state index contributed by atoms with van der Waals surface area (Å²) in [6, 6.07) is 0. The van der Waals surface area contributed by atoms with Crippen LogP contribution in [0.5, 0.6) is 0 Å². The van der Waals surface area contributed by atoms with E-state index >= 15 is 0 Å². The third kappa shape index (κ3) is 14.5. The van der Waals surface area contributed by atoms with Gasteiger partial charge in [0.2, 0.25) is 0 Å². The number of unbranched alkanes of at least 4 members (excludes halogenated alkanes) is 9. The van der Waals surface area contributed by atoms with Crippen molar-refractivity contribution in [1.82, 2.24) is 4.90 Å². The Kier molecular flexibility index (Phi) is 15.6. The van der Waals surface area contributed by atoms with E-state index in [0.29, 0.717) is 12.4 Å². The topological polar surface area (TPSA) is 3.24 Å². The average Bonchev–Trinajstić information content (AvgIpc) is 2.40. The van der Waals surface area contributed by atoms with Crippen LogP contribution in [0.15, 0.2) is 0 Å². The molecule has 0 bridgehead atoms. The van der Waals surface area contributed by atoms with Crippen molar-refractivity contribution < 1.29 is 8.78 Å². The van der Waals surface area contributed by atoms with Gasteiger partial charge in [-0.25, -0.2) is 8.78 Å². The first kappa shape index (κ1) is 20.1. The summed E-state index contributed by atoms with van der Waals surface area (Å²) in [7, 11) is 0. The third-order valence-corrected chi connectivity index (χ3v) is 3.79. The van der Waals surface area contributed by atoms with Crippen molar-refractivity contribution in [2.45, 2.75) is 77.6 Å². The normalized spacial score (nSPS) is 11.7. The zero-order valence-electron chi connectivity index (χ0n) is 13.1. The summed E-state index contributed by atoms with van der Waals surface area (Å²) in [5.74, 6) is 0.435. The summed E-state index contributed by atoms with van der Waals surface area (Å²) >= 11 is 5.63. The molecular weight excluding hydrogens is 280 g/mol. The number of hydrogen-bond donors (Lipinski definition) is 0. The maximum Gasteiger partial charge on any atom is 0.251 e. The van der Waals surface area contributed by atoms with E-state index in [1.165, 1.54) is 51.4 Å². The summed E-state index contributed by atoms with van der Waals surface area (Å²) in [6.45, 7) is 3.43. The lowest BCUT2D eigenvalue weighted by Crippen LogP contribution is -2.31. The van der Waals surface area contributed by atoms with E-state index in [0.717, 1.165) is 19.4 Å². The Morgan fingerprint density at radius 1 is 0.800 bits per heavy atom. The van der Waals surface area contributed by atoms with E-state index in [-0.39, 0.29) is 6.54 Å². The summed E-state index contributed by atoms with van der Waals surface area (Å²) in [5, 5.41) is 0. The van der Waals surface area contributed by atoms with Crippen molar-refractivity contribution in [3.05, 3.63) is 0 Å². The highest BCUT2D eigenvalue weighted by Gasteiger charge is 2.10. The monoisotopic (exact) mass is 311 g/mol. The fourth-order valence-electron chi connectivity index (χ4n) is 2.43. The Labute approximate surface area is 129 Å². The lowest BCUT2D eigenvalue weighted by Gasteiger charge is -2.20. The Balaban J connectivity index is 3.31. The molecule has 0 aliphatic rings. The van der Waals surface area contributed by atoms with Gasteiger partial charge in [0.05, 0.1) is 6.54 Å². The number of hydrogen-bond acceptors (Lipinski definition) is 1. The van der Waals surface area contributed by atoms with Crippen LogP contribution < -0.4 is 0 Å². The number of alkyl halides is 3. The maximum absolute atomic E-state index is 12.3. The van der Waals surface area contributed by atoms with E-state index in [2.05, 4.69) is 6.92 Å². The molecule has 0 saturated carbocycles. The lowest BCUT2D eigenvalue weighted by molar-refractivity contribution is 0.0902. The maximum atomic E-state index is 12.3. The molecule has 0 aliphatic heterocycles. The largest absolute Gasteiger partial charge is 0.297 e. The van der Waals surface area contributed by atoms with Crippen molar-refractivity contribution in [2.75, 3.05) is 25.5 Å². The smallest absolute Gasteiger partial charge is 0.251 e. The van der Waals surface area contributed by atoms with Crippen molar-refractivity contribution in [3.8, 4) is 0 Å². The fraction of sp³-hybridized carbons (Fsp3) is 1.00. The fourth-order valence-corrected chi connectivity index (χ4v) is 2.67. The van der Waals surface area contributed by atoms with Crippen molar-refractivity contribution in [1.29, 1.82) is 0 Å². The van der Waals surface area contributed by atoms with Gasteiger partial charge in [0, 0.05) is 12.4 Å². The Morgan fingerprint density at radius 3 is 1.75 bits per heavy atom. The average molecular weight is 312 g/mol. The van der Waals surface area contributed by atoms with Crippen molar-refractivity contribution in [2.24, 2.45) is 0 Å². The lowest BCUT2D eigenvalue weighted by atomic mass is 10.1. The quantitative estimate of drug-likeness (QED) is 0.276. The van der Waals surface area contributed by atoms with Crippen LogP contribution in [0.3, 0.4) is 0 Å². The molecule has 0 aromatic heterocycles. The predicted molar refractivity (Wildman–Crippen MR) is 85.0 cm³/mol. The SMILES string of the molecule is CCCCCCCCCCCCN(CCCl)CC(F)F. The molecule has 0 N–H and O–H groups in total. The number of halogens is 3. The second kappa shape index (κ2) is 15.5. The van der Waals surface area contributed by atoms with Gasteiger partial charge in [-0.3, -0.25) is 4.90 Å². The number of nitrogens with zero attached hydrogens (tertiary/aromatic N) is 1. The van der Waals surface area contributed by atoms with E-state index in [1.54, 1.807) is 4.90 Å². The highest BCUT2D eigenvalue weighted by molar-refractivity contribution is 6.18. The molecule has 0 aromatic carbocycles. The molecule has 0 rings (SSSR count). The second-order valence-electron chi connectivity index (χ2n) is 5.56. The molecule has 20 heavy (non-hydrogen) atoms. The molecule has 122 valence electrons. The molecule has 0 aromatic rings. The molecular formula is C16H32ClF2N. The van der Waals surface area contributed by atoms with E-state index in [1.807, 2.05) is 0 Å². The molecule has 0 saturated heterocycles. The first-order valence-corrected chi connectivity index (χ1v) is 8.80. The van der Waals surface area contributed by atoms with Gasteiger partial charge in [-0.1, -0.05) is 64.7 Å². The first-order chi connectivity index (χ1) is 9.70. The summed E-state index contributed by atoms with van der Waals surface area (Å²) in [5.41, 5.74) is 0. The molecule has 4 heteroatoms. The molecule has 1 nitrogen and oxygen atoms in total. The Morgan fingerprint density at radius 2 is 1.30 bits per heavy atom. The Bertz CT molecular complexity index is 191. The van der Waals surface area contributed by atoms with Gasteiger partial charge >= 0.3 is 0 Å². The highest BCUT2D eigenvalue weighted by Crippen LogP contribution is 2.11. The third-order valence-electron chi connectivity index (χ3n) is 3.62. The summed E-state index contributed by atoms with van der Waals surface area (Å²) in [6.07, 6.45) is 10.5.